The molecule has 0 saturated carbocycles. The van der Waals surface area contributed by atoms with E-state index >= 15 is 0 Å². The van der Waals surface area contributed by atoms with Gasteiger partial charge in [-0.15, -0.1) is 0 Å². The number of alkyl halides is 3. The summed E-state index contributed by atoms with van der Waals surface area (Å²) in [7, 11) is 0. The fraction of sp³-hybridized carbons (Fsp3) is 0.400. The average molecular weight is 218 g/mol. The fourth-order valence-corrected chi connectivity index (χ4v) is 1.37. The average Bonchev–Trinajstić information content (AvgIpc) is 2.61. The maximum atomic E-state index is 12.4. The minimum atomic E-state index is -4.23. The zero-order valence-corrected chi connectivity index (χ0v) is 7.97. The molecule has 1 atom stereocenters. The van der Waals surface area contributed by atoms with Gasteiger partial charge in [-0.05, 0) is 24.6 Å². The normalized spacial score (nSPS) is 16.5. The van der Waals surface area contributed by atoms with Crippen LogP contribution in [-0.4, -0.2) is 13.0 Å². The maximum Gasteiger partial charge on any atom is 0.395 e. The van der Waals surface area contributed by atoms with Crippen molar-refractivity contribution in [2.24, 2.45) is 0 Å². The number of hydrogen-bond acceptors (Lipinski definition) is 2. The number of hydrogen-bond donors (Lipinski definition) is 0. The summed E-state index contributed by atoms with van der Waals surface area (Å²) in [6, 6.07) is 4.28. The molecule has 0 spiro atoms. The molecule has 1 aliphatic heterocycles. The van der Waals surface area contributed by atoms with Crippen LogP contribution in [0.2, 0.25) is 0 Å². The largest absolute Gasteiger partial charge is 0.454 e. The van der Waals surface area contributed by atoms with Gasteiger partial charge in [0.05, 0.1) is 5.92 Å². The summed E-state index contributed by atoms with van der Waals surface area (Å²) in [6.45, 7) is 1.19. The Hall–Kier alpha value is -1.39. The minimum absolute atomic E-state index is 0.0686. The molecule has 0 unspecified atom stereocenters. The van der Waals surface area contributed by atoms with Gasteiger partial charge in [0.1, 0.15) is 0 Å². The molecule has 0 aliphatic carbocycles. The van der Waals surface area contributed by atoms with Crippen LogP contribution >= 0.6 is 0 Å². The highest BCUT2D eigenvalue weighted by Gasteiger charge is 2.37. The van der Waals surface area contributed by atoms with E-state index in [0.29, 0.717) is 11.5 Å². The number of ether oxygens (including phenoxy) is 2. The molecular weight excluding hydrogens is 209 g/mol. The number of fused-ring (bicyclic) bond motifs is 1. The molecule has 0 amide bonds. The molecule has 2 rings (SSSR count). The Kier molecular flexibility index (Phi) is 2.25. The molecule has 1 aliphatic rings. The lowest BCUT2D eigenvalue weighted by molar-refractivity contribution is -0.146. The van der Waals surface area contributed by atoms with E-state index in [2.05, 4.69) is 0 Å². The van der Waals surface area contributed by atoms with Crippen molar-refractivity contribution in [3.05, 3.63) is 23.8 Å². The van der Waals surface area contributed by atoms with Crippen molar-refractivity contribution >= 4 is 0 Å². The van der Waals surface area contributed by atoms with Crippen LogP contribution in [0, 0.1) is 0 Å². The predicted octanol–water partition coefficient (Wildman–Crippen LogP) is 3.08. The molecule has 1 aromatic carbocycles. The smallest absolute Gasteiger partial charge is 0.395 e. The molecule has 0 bridgehead atoms. The molecule has 1 aromatic rings. The molecule has 0 radical (unpaired) electrons. The Morgan fingerprint density at radius 3 is 2.53 bits per heavy atom. The zero-order valence-electron chi connectivity index (χ0n) is 7.97. The highest BCUT2D eigenvalue weighted by Crippen LogP contribution is 2.39. The van der Waals surface area contributed by atoms with Gasteiger partial charge < -0.3 is 9.47 Å². The molecule has 5 heteroatoms. The van der Waals surface area contributed by atoms with Crippen molar-refractivity contribution in [3.63, 3.8) is 0 Å². The van der Waals surface area contributed by atoms with E-state index in [4.69, 9.17) is 9.47 Å². The van der Waals surface area contributed by atoms with Crippen LogP contribution in [0.3, 0.4) is 0 Å². The standard InChI is InChI=1S/C10H9F3O2/c1-6(10(11,12)13)7-2-3-8-9(4-7)15-5-14-8/h2-4,6H,5H2,1H3/t6-/m0/s1. The lowest BCUT2D eigenvalue weighted by Gasteiger charge is -2.15. The van der Waals surface area contributed by atoms with Gasteiger partial charge in [-0.25, -0.2) is 0 Å². The molecule has 2 nitrogen and oxygen atoms in total. The fourth-order valence-electron chi connectivity index (χ4n) is 1.37. The monoisotopic (exact) mass is 218 g/mol. The van der Waals surface area contributed by atoms with Crippen LogP contribution in [-0.2, 0) is 0 Å². The summed E-state index contributed by atoms with van der Waals surface area (Å²) in [5, 5.41) is 0. The van der Waals surface area contributed by atoms with Crippen molar-refractivity contribution in [2.75, 3.05) is 6.79 Å². The van der Waals surface area contributed by atoms with Crippen LogP contribution < -0.4 is 9.47 Å². The van der Waals surface area contributed by atoms with Gasteiger partial charge in [0, 0.05) is 0 Å². The van der Waals surface area contributed by atoms with Crippen molar-refractivity contribution < 1.29 is 22.6 Å². The van der Waals surface area contributed by atoms with Gasteiger partial charge in [0.2, 0.25) is 6.79 Å². The van der Waals surface area contributed by atoms with Crippen LogP contribution in [0.4, 0.5) is 13.2 Å². The molecule has 0 N–H and O–H groups in total. The van der Waals surface area contributed by atoms with E-state index in [-0.39, 0.29) is 12.4 Å². The Labute approximate surface area is 84.6 Å². The van der Waals surface area contributed by atoms with E-state index in [1.807, 2.05) is 0 Å². The Morgan fingerprint density at radius 2 is 1.87 bits per heavy atom. The molecular formula is C10H9F3O2. The second-order valence-corrected chi connectivity index (χ2v) is 3.38. The van der Waals surface area contributed by atoms with Crippen LogP contribution in [0.15, 0.2) is 18.2 Å². The lowest BCUT2D eigenvalue weighted by atomic mass is 10.0. The highest BCUT2D eigenvalue weighted by molar-refractivity contribution is 5.45. The summed E-state index contributed by atoms with van der Waals surface area (Å²) < 4.78 is 47.3. The van der Waals surface area contributed by atoms with Gasteiger partial charge in [-0.3, -0.25) is 0 Å². The topological polar surface area (TPSA) is 18.5 Å². The van der Waals surface area contributed by atoms with Crippen molar-refractivity contribution in [1.29, 1.82) is 0 Å². The minimum Gasteiger partial charge on any atom is -0.454 e. The number of rotatable bonds is 1. The van der Waals surface area contributed by atoms with E-state index in [0.717, 1.165) is 6.92 Å². The molecule has 15 heavy (non-hydrogen) atoms. The summed E-state index contributed by atoms with van der Waals surface area (Å²) in [5.41, 5.74) is 0.187. The van der Waals surface area contributed by atoms with Gasteiger partial charge >= 0.3 is 6.18 Å². The Balaban J connectivity index is 2.31. The first-order chi connectivity index (χ1) is 6.98. The first-order valence-corrected chi connectivity index (χ1v) is 4.45. The second kappa shape index (κ2) is 3.32. The summed E-state index contributed by atoms with van der Waals surface area (Å²) in [5.74, 6) is -0.622. The molecule has 0 aromatic heterocycles. The quantitative estimate of drug-likeness (QED) is 0.721. The first kappa shape index (κ1) is 10.1. The summed E-state index contributed by atoms with van der Waals surface area (Å²) >= 11 is 0. The highest BCUT2D eigenvalue weighted by atomic mass is 19.4. The van der Waals surface area contributed by atoms with Gasteiger partial charge in [0.25, 0.3) is 0 Å². The first-order valence-electron chi connectivity index (χ1n) is 4.45. The van der Waals surface area contributed by atoms with E-state index in [1.165, 1.54) is 18.2 Å². The lowest BCUT2D eigenvalue weighted by Crippen LogP contribution is -2.17. The third-order valence-electron chi connectivity index (χ3n) is 2.39. The second-order valence-electron chi connectivity index (χ2n) is 3.38. The Bertz CT molecular complexity index is 373. The van der Waals surface area contributed by atoms with Gasteiger partial charge in [-0.1, -0.05) is 6.07 Å². The van der Waals surface area contributed by atoms with Crippen LogP contribution in [0.5, 0.6) is 11.5 Å². The SMILES string of the molecule is C[C@@H](c1ccc2c(c1)OCO2)C(F)(F)F. The van der Waals surface area contributed by atoms with E-state index < -0.39 is 12.1 Å². The van der Waals surface area contributed by atoms with Crippen molar-refractivity contribution in [3.8, 4) is 11.5 Å². The van der Waals surface area contributed by atoms with Gasteiger partial charge in [0.15, 0.2) is 11.5 Å². The predicted molar refractivity (Wildman–Crippen MR) is 47.0 cm³/mol. The third kappa shape index (κ3) is 1.86. The number of benzene rings is 1. The summed E-state index contributed by atoms with van der Waals surface area (Å²) in [4.78, 5) is 0. The van der Waals surface area contributed by atoms with E-state index in [1.54, 1.807) is 0 Å². The van der Waals surface area contributed by atoms with Gasteiger partial charge in [-0.2, -0.15) is 13.2 Å². The van der Waals surface area contributed by atoms with E-state index in [9.17, 15) is 13.2 Å². The molecule has 0 fully saturated rings. The summed E-state index contributed by atoms with van der Waals surface area (Å²) in [6.07, 6.45) is -4.23. The third-order valence-corrected chi connectivity index (χ3v) is 2.39. The maximum absolute atomic E-state index is 12.4. The van der Waals surface area contributed by atoms with Crippen molar-refractivity contribution in [1.82, 2.24) is 0 Å². The Morgan fingerprint density at radius 1 is 1.20 bits per heavy atom. The number of halogens is 3. The zero-order chi connectivity index (χ0) is 11.1. The molecule has 82 valence electrons. The van der Waals surface area contributed by atoms with Crippen molar-refractivity contribution in [2.45, 2.75) is 19.0 Å². The molecule has 1 heterocycles. The molecule has 0 saturated heterocycles. The van der Waals surface area contributed by atoms with Crippen LogP contribution in [0.25, 0.3) is 0 Å². The van der Waals surface area contributed by atoms with Crippen LogP contribution in [0.1, 0.15) is 18.4 Å².